The van der Waals surface area contributed by atoms with Crippen LogP contribution in [-0.4, -0.2) is 61.6 Å². The van der Waals surface area contributed by atoms with Crippen molar-refractivity contribution in [3.05, 3.63) is 29.3 Å². The molecule has 33 heavy (non-hydrogen) atoms. The molecule has 0 radical (unpaired) electrons. The number of amides is 1. The van der Waals surface area contributed by atoms with E-state index >= 15 is 0 Å². The zero-order valence-corrected chi connectivity index (χ0v) is 19.2. The Labute approximate surface area is 191 Å². The molecule has 1 aromatic rings. The molecule has 0 unspecified atom stereocenters. The predicted octanol–water partition coefficient (Wildman–Crippen LogP) is 2.47. The third kappa shape index (κ3) is 4.78. The Morgan fingerprint density at radius 2 is 1.94 bits per heavy atom. The molecule has 3 aliphatic rings. The molecule has 2 fully saturated rings. The van der Waals surface area contributed by atoms with Crippen LogP contribution in [-0.2, 0) is 32.1 Å². The zero-order valence-electron chi connectivity index (χ0n) is 18.4. The first-order valence-corrected chi connectivity index (χ1v) is 12.8. The lowest BCUT2D eigenvalue weighted by molar-refractivity contribution is -0.148. The Bertz CT molecular complexity index is 1010. The van der Waals surface area contributed by atoms with Crippen LogP contribution >= 0.6 is 0 Å². The molecule has 2 heterocycles. The monoisotopic (exact) mass is 490 g/mol. The van der Waals surface area contributed by atoms with Gasteiger partial charge in [-0.2, -0.15) is 13.2 Å². The van der Waals surface area contributed by atoms with Crippen LogP contribution in [0.3, 0.4) is 0 Å². The molecule has 1 saturated carbocycles. The minimum absolute atomic E-state index is 0.0165. The SMILES string of the molecule is C[C@H](O)[C@@]1(C(=O)N2Cc3cc(C(F)(F)F)ccc3S(=O)(=O)C2)CC[C@H](NC2CCOCC2)C1. The third-order valence-corrected chi connectivity index (χ3v) is 8.88. The first-order valence-electron chi connectivity index (χ1n) is 11.2. The van der Waals surface area contributed by atoms with Gasteiger partial charge in [-0.05, 0) is 62.8 Å². The van der Waals surface area contributed by atoms with Crippen molar-refractivity contribution in [2.75, 3.05) is 19.1 Å². The number of ether oxygens (including phenoxy) is 1. The third-order valence-electron chi connectivity index (χ3n) is 7.16. The molecule has 1 amide bonds. The van der Waals surface area contributed by atoms with Crippen molar-refractivity contribution >= 4 is 15.7 Å². The number of halogens is 3. The Morgan fingerprint density at radius 3 is 2.58 bits per heavy atom. The van der Waals surface area contributed by atoms with Crippen molar-refractivity contribution in [1.29, 1.82) is 0 Å². The summed E-state index contributed by atoms with van der Waals surface area (Å²) in [6.07, 6.45) is -2.59. The number of hydrogen-bond acceptors (Lipinski definition) is 6. The summed E-state index contributed by atoms with van der Waals surface area (Å²) in [6, 6.07) is 2.74. The number of carbonyl (C=O) groups is 1. The fourth-order valence-corrected chi connectivity index (χ4v) is 6.88. The van der Waals surface area contributed by atoms with Gasteiger partial charge in [0.15, 0.2) is 9.84 Å². The van der Waals surface area contributed by atoms with Gasteiger partial charge in [-0.15, -0.1) is 0 Å². The summed E-state index contributed by atoms with van der Waals surface area (Å²) in [4.78, 5) is 14.5. The van der Waals surface area contributed by atoms with Crippen molar-refractivity contribution in [2.24, 2.45) is 5.41 Å². The number of fused-ring (bicyclic) bond motifs is 1. The maximum Gasteiger partial charge on any atom is 0.416 e. The predicted molar refractivity (Wildman–Crippen MR) is 113 cm³/mol. The lowest BCUT2D eigenvalue weighted by Crippen LogP contribution is -2.52. The number of carbonyl (C=O) groups excluding carboxylic acids is 1. The number of nitrogens with one attached hydrogen (secondary N) is 1. The van der Waals surface area contributed by atoms with Crippen LogP contribution in [0, 0.1) is 5.41 Å². The van der Waals surface area contributed by atoms with Crippen LogP contribution < -0.4 is 5.32 Å². The number of benzene rings is 1. The second kappa shape index (κ2) is 8.83. The molecule has 0 bridgehead atoms. The van der Waals surface area contributed by atoms with Gasteiger partial charge >= 0.3 is 6.18 Å². The van der Waals surface area contributed by atoms with Crippen molar-refractivity contribution in [3.8, 4) is 0 Å². The molecule has 0 spiro atoms. The van der Waals surface area contributed by atoms with Gasteiger partial charge in [-0.1, -0.05) is 0 Å². The summed E-state index contributed by atoms with van der Waals surface area (Å²) in [5.74, 6) is -1.14. The summed E-state index contributed by atoms with van der Waals surface area (Å²) < 4.78 is 70.5. The molecular weight excluding hydrogens is 461 g/mol. The first-order chi connectivity index (χ1) is 15.4. The number of alkyl halides is 3. The van der Waals surface area contributed by atoms with Crippen LogP contribution in [0.1, 0.15) is 50.2 Å². The van der Waals surface area contributed by atoms with Crippen LogP contribution in [0.25, 0.3) is 0 Å². The van der Waals surface area contributed by atoms with Crippen LogP contribution in [0.2, 0.25) is 0 Å². The fraction of sp³-hybridized carbons (Fsp3) is 0.682. The van der Waals surface area contributed by atoms with Crippen molar-refractivity contribution in [3.63, 3.8) is 0 Å². The fourth-order valence-electron chi connectivity index (χ4n) is 5.32. The van der Waals surface area contributed by atoms with Gasteiger partial charge in [-0.25, -0.2) is 8.42 Å². The molecule has 3 atom stereocenters. The molecular formula is C22H29F3N2O5S. The number of aliphatic hydroxyl groups excluding tert-OH is 1. The van der Waals surface area contributed by atoms with E-state index in [0.717, 1.165) is 35.9 Å². The summed E-state index contributed by atoms with van der Waals surface area (Å²) in [6.45, 7) is 2.60. The molecule has 2 aliphatic heterocycles. The highest BCUT2D eigenvalue weighted by Gasteiger charge is 2.52. The van der Waals surface area contributed by atoms with Gasteiger partial charge in [-0.3, -0.25) is 4.79 Å². The number of aliphatic hydroxyl groups is 1. The van der Waals surface area contributed by atoms with E-state index in [9.17, 15) is 31.5 Å². The van der Waals surface area contributed by atoms with Crippen LogP contribution in [0.4, 0.5) is 13.2 Å². The van der Waals surface area contributed by atoms with E-state index in [1.54, 1.807) is 0 Å². The molecule has 11 heteroatoms. The standard InChI is InChI=1S/C22H29F3N2O5S/c1-14(28)21(7-4-18(11-21)26-17-5-8-32-9-6-17)20(29)27-12-15-10-16(22(23,24)25)2-3-19(15)33(30,31)13-27/h2-3,10,14,17-18,26,28H,4-9,11-13H2,1H3/t14-,18-,21+/m0/s1. The minimum Gasteiger partial charge on any atom is -0.392 e. The molecule has 1 aliphatic carbocycles. The lowest BCUT2D eigenvalue weighted by atomic mass is 9.79. The van der Waals surface area contributed by atoms with E-state index in [0.29, 0.717) is 32.5 Å². The maximum atomic E-state index is 13.6. The average Bonchev–Trinajstić information content (AvgIpc) is 3.17. The Hall–Kier alpha value is -1.69. The summed E-state index contributed by atoms with van der Waals surface area (Å²) >= 11 is 0. The van der Waals surface area contributed by atoms with E-state index in [2.05, 4.69) is 5.32 Å². The van der Waals surface area contributed by atoms with E-state index in [4.69, 9.17) is 4.74 Å². The summed E-state index contributed by atoms with van der Waals surface area (Å²) in [5.41, 5.74) is -2.20. The summed E-state index contributed by atoms with van der Waals surface area (Å²) in [5, 5.41) is 14.1. The second-order valence-corrected chi connectivity index (χ2v) is 11.3. The highest BCUT2D eigenvalue weighted by atomic mass is 32.2. The van der Waals surface area contributed by atoms with Gasteiger partial charge < -0.3 is 20.1 Å². The summed E-state index contributed by atoms with van der Waals surface area (Å²) in [7, 11) is -3.99. The normalized spacial score (nSPS) is 29.0. The maximum absolute atomic E-state index is 13.6. The second-order valence-electron chi connectivity index (χ2n) is 9.39. The number of rotatable bonds is 4. The number of nitrogens with zero attached hydrogens (tertiary/aromatic N) is 1. The highest BCUT2D eigenvalue weighted by molar-refractivity contribution is 7.91. The molecule has 1 aromatic carbocycles. The quantitative estimate of drug-likeness (QED) is 0.673. The van der Waals surface area contributed by atoms with Gasteiger partial charge in [0.1, 0.15) is 5.88 Å². The van der Waals surface area contributed by atoms with Crippen molar-refractivity contribution in [2.45, 2.75) is 74.8 Å². The van der Waals surface area contributed by atoms with Crippen LogP contribution in [0.5, 0.6) is 0 Å². The molecule has 2 N–H and O–H groups in total. The molecule has 4 rings (SSSR count). The molecule has 184 valence electrons. The Kier molecular flexibility index (Phi) is 6.54. The van der Waals surface area contributed by atoms with Gasteiger partial charge in [0.2, 0.25) is 5.91 Å². The average molecular weight is 491 g/mol. The van der Waals surface area contributed by atoms with E-state index in [1.165, 1.54) is 6.92 Å². The first kappa shape index (κ1) is 24.4. The van der Waals surface area contributed by atoms with E-state index in [-0.39, 0.29) is 29.1 Å². The topological polar surface area (TPSA) is 95.9 Å². The van der Waals surface area contributed by atoms with Crippen LogP contribution in [0.15, 0.2) is 23.1 Å². The Balaban J connectivity index is 1.57. The van der Waals surface area contributed by atoms with Crippen molar-refractivity contribution in [1.82, 2.24) is 10.2 Å². The van der Waals surface area contributed by atoms with E-state index < -0.39 is 44.9 Å². The number of hydrogen-bond donors (Lipinski definition) is 2. The van der Waals surface area contributed by atoms with Crippen molar-refractivity contribution < 1.29 is 36.2 Å². The van der Waals surface area contributed by atoms with Gasteiger partial charge in [0.05, 0.1) is 22.0 Å². The molecule has 1 saturated heterocycles. The highest BCUT2D eigenvalue weighted by Crippen LogP contribution is 2.45. The largest absolute Gasteiger partial charge is 0.416 e. The number of sulfone groups is 1. The smallest absolute Gasteiger partial charge is 0.392 e. The minimum atomic E-state index is -4.62. The van der Waals surface area contributed by atoms with Gasteiger partial charge in [0.25, 0.3) is 0 Å². The van der Waals surface area contributed by atoms with E-state index in [1.807, 2.05) is 0 Å². The van der Waals surface area contributed by atoms with Gasteiger partial charge in [0, 0.05) is 31.8 Å². The molecule has 0 aromatic heterocycles. The Morgan fingerprint density at radius 1 is 1.24 bits per heavy atom. The molecule has 7 nitrogen and oxygen atoms in total. The lowest BCUT2D eigenvalue weighted by Gasteiger charge is -2.39. The zero-order chi connectivity index (χ0) is 24.0.